The van der Waals surface area contributed by atoms with Crippen LogP contribution in [0.15, 0.2) is 60.7 Å². The maximum absolute atomic E-state index is 12.3. The van der Waals surface area contributed by atoms with Gasteiger partial charge in [0, 0.05) is 13.1 Å². The summed E-state index contributed by atoms with van der Waals surface area (Å²) < 4.78 is 36.8. The van der Waals surface area contributed by atoms with Crippen LogP contribution in [0.1, 0.15) is 48.6 Å². The molecule has 6 heteroatoms. The van der Waals surface area contributed by atoms with E-state index in [1.54, 1.807) is 0 Å². The monoisotopic (exact) mass is 418 g/mol. The number of alkyl halides is 3. The van der Waals surface area contributed by atoms with Crippen molar-refractivity contribution in [2.45, 2.75) is 43.7 Å². The van der Waals surface area contributed by atoms with E-state index in [1.807, 2.05) is 30.3 Å². The van der Waals surface area contributed by atoms with Crippen LogP contribution < -0.4 is 5.32 Å². The van der Waals surface area contributed by atoms with Gasteiger partial charge in [0.05, 0.1) is 0 Å². The van der Waals surface area contributed by atoms with Crippen LogP contribution in [0.3, 0.4) is 0 Å². The zero-order chi connectivity index (χ0) is 21.4. The molecule has 2 aromatic rings. The number of carbonyl (C=O) groups is 1. The topological polar surface area (TPSA) is 32.3 Å². The second-order valence-corrected chi connectivity index (χ2v) is 7.91. The van der Waals surface area contributed by atoms with Gasteiger partial charge < -0.3 is 10.2 Å². The number of rotatable bonds is 2. The first-order valence-electron chi connectivity index (χ1n) is 10.6. The Kier molecular flexibility index (Phi) is 7.91. The molecule has 2 aliphatic heterocycles. The smallest absolute Gasteiger partial charge is 0.335 e. The van der Waals surface area contributed by atoms with Gasteiger partial charge in [0.2, 0.25) is 0 Å². The van der Waals surface area contributed by atoms with Crippen molar-refractivity contribution in [1.29, 1.82) is 0 Å². The number of halogens is 3. The largest absolute Gasteiger partial charge is 0.471 e. The second kappa shape index (κ2) is 10.6. The van der Waals surface area contributed by atoms with Crippen LogP contribution in [0.4, 0.5) is 13.2 Å². The van der Waals surface area contributed by atoms with Crippen LogP contribution in [0, 0.1) is 0 Å². The third kappa shape index (κ3) is 6.33. The van der Waals surface area contributed by atoms with Gasteiger partial charge in [-0.15, -0.1) is 0 Å². The molecule has 0 spiro atoms. The fourth-order valence-corrected chi connectivity index (χ4v) is 4.20. The molecule has 4 rings (SSSR count). The molecule has 2 saturated heterocycles. The van der Waals surface area contributed by atoms with E-state index in [0.717, 1.165) is 16.4 Å². The fourth-order valence-electron chi connectivity index (χ4n) is 4.20. The third-order valence-corrected chi connectivity index (χ3v) is 5.91. The van der Waals surface area contributed by atoms with Gasteiger partial charge in [0.25, 0.3) is 0 Å². The molecule has 0 unspecified atom stereocenters. The Morgan fingerprint density at radius 2 is 1.20 bits per heavy atom. The Balaban J connectivity index is 0.000000184. The summed E-state index contributed by atoms with van der Waals surface area (Å²) in [7, 11) is 0. The highest BCUT2D eigenvalue weighted by Crippen LogP contribution is 2.30. The van der Waals surface area contributed by atoms with Gasteiger partial charge in [0.15, 0.2) is 0 Å². The number of piperidine rings is 2. The number of hydrogen-bond acceptors (Lipinski definition) is 2. The summed E-state index contributed by atoms with van der Waals surface area (Å²) in [6, 6.07) is 20.6. The van der Waals surface area contributed by atoms with Gasteiger partial charge >= 0.3 is 12.1 Å². The van der Waals surface area contributed by atoms with E-state index >= 15 is 0 Å². The summed E-state index contributed by atoms with van der Waals surface area (Å²) in [6.45, 7) is 2.72. The van der Waals surface area contributed by atoms with E-state index in [-0.39, 0.29) is 19.0 Å². The summed E-state index contributed by atoms with van der Waals surface area (Å²) in [4.78, 5) is 12.0. The fraction of sp³-hybridized carbons (Fsp3) is 0.458. The molecular weight excluding hydrogens is 389 g/mol. The van der Waals surface area contributed by atoms with Gasteiger partial charge in [-0.2, -0.15) is 13.2 Å². The molecular formula is C24H29F3N2O. The van der Waals surface area contributed by atoms with Crippen molar-refractivity contribution in [2.75, 3.05) is 26.2 Å². The molecule has 162 valence electrons. The van der Waals surface area contributed by atoms with Crippen molar-refractivity contribution < 1.29 is 18.0 Å². The molecule has 0 atom stereocenters. The number of hydrogen-bond donors (Lipinski definition) is 1. The molecule has 0 bridgehead atoms. The van der Waals surface area contributed by atoms with E-state index < -0.39 is 12.1 Å². The number of benzene rings is 2. The number of amides is 1. The number of carbonyl (C=O) groups excluding carboxylic acids is 1. The summed E-state index contributed by atoms with van der Waals surface area (Å²) in [5.74, 6) is -0.662. The molecule has 0 aromatic heterocycles. The van der Waals surface area contributed by atoms with Crippen molar-refractivity contribution in [1.82, 2.24) is 10.2 Å². The molecule has 0 saturated carbocycles. The molecule has 2 aromatic carbocycles. The summed E-state index contributed by atoms with van der Waals surface area (Å²) >= 11 is 0. The van der Waals surface area contributed by atoms with E-state index in [0.29, 0.717) is 12.8 Å². The lowest BCUT2D eigenvalue weighted by Crippen LogP contribution is -2.45. The quantitative estimate of drug-likeness (QED) is 0.735. The van der Waals surface area contributed by atoms with Gasteiger partial charge in [-0.1, -0.05) is 60.7 Å². The molecule has 1 N–H and O–H groups in total. The van der Waals surface area contributed by atoms with Crippen LogP contribution in [-0.4, -0.2) is 43.2 Å². The highest BCUT2D eigenvalue weighted by Gasteiger charge is 2.43. The van der Waals surface area contributed by atoms with E-state index in [4.69, 9.17) is 0 Å². The van der Waals surface area contributed by atoms with Crippen LogP contribution in [0.5, 0.6) is 0 Å². The first kappa shape index (κ1) is 22.3. The second-order valence-electron chi connectivity index (χ2n) is 7.91. The highest BCUT2D eigenvalue weighted by molar-refractivity contribution is 5.81. The van der Waals surface area contributed by atoms with Crippen LogP contribution in [-0.2, 0) is 4.79 Å². The lowest BCUT2D eigenvalue weighted by atomic mass is 9.89. The first-order valence-corrected chi connectivity index (χ1v) is 10.6. The third-order valence-electron chi connectivity index (χ3n) is 5.91. The average molecular weight is 419 g/mol. The lowest BCUT2D eigenvalue weighted by Gasteiger charge is -2.32. The summed E-state index contributed by atoms with van der Waals surface area (Å²) in [5, 5.41) is 3.38. The number of likely N-dealkylation sites (tertiary alicyclic amines) is 1. The zero-order valence-electron chi connectivity index (χ0n) is 17.1. The molecule has 2 aliphatic rings. The average Bonchev–Trinajstić information content (AvgIpc) is 2.80. The molecule has 2 heterocycles. The van der Waals surface area contributed by atoms with Gasteiger partial charge in [-0.05, 0) is 61.7 Å². The molecule has 2 fully saturated rings. The van der Waals surface area contributed by atoms with Crippen molar-refractivity contribution in [3.63, 3.8) is 0 Å². The van der Waals surface area contributed by atoms with Crippen LogP contribution in [0.25, 0.3) is 0 Å². The van der Waals surface area contributed by atoms with Crippen molar-refractivity contribution in [3.05, 3.63) is 71.8 Å². The van der Waals surface area contributed by atoms with Crippen molar-refractivity contribution in [2.24, 2.45) is 0 Å². The number of nitrogens with one attached hydrogen (secondary N) is 1. The van der Waals surface area contributed by atoms with Gasteiger partial charge in [-0.25, -0.2) is 0 Å². The Morgan fingerprint density at radius 1 is 0.767 bits per heavy atom. The lowest BCUT2D eigenvalue weighted by molar-refractivity contribution is -0.186. The van der Waals surface area contributed by atoms with Crippen molar-refractivity contribution in [3.8, 4) is 0 Å². The SMILES string of the molecule is O=C(N1CCC(c2ccccc2)CC1)C(F)(F)F.c1ccc(C2CCNCC2)cc1. The Labute approximate surface area is 176 Å². The predicted molar refractivity (Wildman–Crippen MR) is 112 cm³/mol. The van der Waals surface area contributed by atoms with Crippen LogP contribution >= 0.6 is 0 Å². The first-order chi connectivity index (χ1) is 14.4. The highest BCUT2D eigenvalue weighted by atomic mass is 19.4. The minimum Gasteiger partial charge on any atom is -0.335 e. The Hall–Kier alpha value is -2.34. The standard InChI is InChI=1S/C13H14F3NO.C11H15N/c14-13(15,16)12(18)17-8-6-11(7-9-17)10-4-2-1-3-5-10;1-2-4-10(5-3-1)11-6-8-12-9-7-11/h1-5,11H,6-9H2;1-5,11-12H,6-9H2. The molecule has 0 radical (unpaired) electrons. The maximum atomic E-state index is 12.3. The normalized spacial score (nSPS) is 18.4. The van der Waals surface area contributed by atoms with E-state index in [1.165, 1.54) is 31.5 Å². The maximum Gasteiger partial charge on any atom is 0.471 e. The van der Waals surface area contributed by atoms with Gasteiger partial charge in [-0.3, -0.25) is 4.79 Å². The molecule has 0 aliphatic carbocycles. The number of nitrogens with zero attached hydrogens (tertiary/aromatic N) is 1. The summed E-state index contributed by atoms with van der Waals surface area (Å²) in [5.41, 5.74) is 2.65. The molecule has 3 nitrogen and oxygen atoms in total. The van der Waals surface area contributed by atoms with E-state index in [2.05, 4.69) is 35.6 Å². The minimum absolute atomic E-state index is 0.178. The van der Waals surface area contributed by atoms with Crippen LogP contribution in [0.2, 0.25) is 0 Å². The minimum atomic E-state index is -4.75. The zero-order valence-corrected chi connectivity index (χ0v) is 17.1. The predicted octanol–water partition coefficient (Wildman–Crippen LogP) is 5.11. The Morgan fingerprint density at radius 3 is 1.63 bits per heavy atom. The van der Waals surface area contributed by atoms with Gasteiger partial charge in [0.1, 0.15) is 0 Å². The van der Waals surface area contributed by atoms with E-state index in [9.17, 15) is 18.0 Å². The molecule has 1 amide bonds. The summed E-state index contributed by atoms with van der Waals surface area (Å²) in [6.07, 6.45) is -0.981. The Bertz CT molecular complexity index is 766. The molecule has 30 heavy (non-hydrogen) atoms. The van der Waals surface area contributed by atoms with Crippen molar-refractivity contribution >= 4 is 5.91 Å².